The van der Waals surface area contributed by atoms with E-state index in [9.17, 15) is 4.79 Å². The maximum Gasteiger partial charge on any atom is 0.252 e. The van der Waals surface area contributed by atoms with Crippen LogP contribution in [0.1, 0.15) is 26.4 Å². The maximum absolute atomic E-state index is 12.4. The number of nitrogens with one attached hydrogen (secondary N) is 1. The molecule has 0 spiro atoms. The Balaban J connectivity index is 1.75. The van der Waals surface area contributed by atoms with Crippen LogP contribution in [0.4, 0.5) is 0 Å². The van der Waals surface area contributed by atoms with Gasteiger partial charge in [0.15, 0.2) is 0 Å². The van der Waals surface area contributed by atoms with E-state index < -0.39 is 0 Å². The molecule has 0 unspecified atom stereocenters. The SMILES string of the molecule is O=C(NCc1ccccc1)c1ccccc1C#Cc1cccs1. The van der Waals surface area contributed by atoms with Crippen LogP contribution in [0.25, 0.3) is 0 Å². The third-order valence-electron chi connectivity index (χ3n) is 3.31. The molecule has 2 nitrogen and oxygen atoms in total. The summed E-state index contributed by atoms with van der Waals surface area (Å²) in [4.78, 5) is 13.4. The average molecular weight is 317 g/mol. The molecule has 0 atom stereocenters. The summed E-state index contributed by atoms with van der Waals surface area (Å²) in [6.45, 7) is 0.506. The van der Waals surface area contributed by atoms with Crippen LogP contribution in [0.5, 0.6) is 0 Å². The lowest BCUT2D eigenvalue weighted by molar-refractivity contribution is 0.0950. The second-order valence-electron chi connectivity index (χ2n) is 4.94. The number of rotatable bonds is 3. The number of carbonyl (C=O) groups excluding carboxylic acids is 1. The van der Waals surface area contributed by atoms with E-state index in [2.05, 4.69) is 17.2 Å². The predicted octanol–water partition coefficient (Wildman–Crippen LogP) is 4.08. The fourth-order valence-electron chi connectivity index (χ4n) is 2.14. The molecule has 1 aromatic heterocycles. The Morgan fingerprint density at radius 2 is 1.70 bits per heavy atom. The molecule has 0 saturated heterocycles. The van der Waals surface area contributed by atoms with E-state index in [0.29, 0.717) is 12.1 Å². The van der Waals surface area contributed by atoms with Gasteiger partial charge in [0.25, 0.3) is 5.91 Å². The lowest BCUT2D eigenvalue weighted by atomic mass is 10.1. The predicted molar refractivity (Wildman–Crippen MR) is 94.4 cm³/mol. The fraction of sp³-hybridized carbons (Fsp3) is 0.0500. The number of benzene rings is 2. The van der Waals surface area contributed by atoms with Crippen molar-refractivity contribution in [3.8, 4) is 11.8 Å². The summed E-state index contributed by atoms with van der Waals surface area (Å²) in [5, 5.41) is 4.93. The Hall–Kier alpha value is -2.83. The van der Waals surface area contributed by atoms with Crippen LogP contribution < -0.4 is 5.32 Å². The van der Waals surface area contributed by atoms with Crippen molar-refractivity contribution in [2.24, 2.45) is 0 Å². The molecule has 0 radical (unpaired) electrons. The molecule has 1 amide bonds. The fourth-order valence-corrected chi connectivity index (χ4v) is 2.71. The van der Waals surface area contributed by atoms with Gasteiger partial charge in [0.05, 0.1) is 10.4 Å². The third kappa shape index (κ3) is 4.09. The van der Waals surface area contributed by atoms with Crippen molar-refractivity contribution in [1.82, 2.24) is 5.32 Å². The Bertz CT molecular complexity index is 842. The number of hydrogen-bond acceptors (Lipinski definition) is 2. The lowest BCUT2D eigenvalue weighted by Crippen LogP contribution is -2.23. The van der Waals surface area contributed by atoms with Crippen LogP contribution in [0.2, 0.25) is 0 Å². The molecule has 0 saturated carbocycles. The summed E-state index contributed by atoms with van der Waals surface area (Å²) < 4.78 is 0. The minimum absolute atomic E-state index is 0.107. The summed E-state index contributed by atoms with van der Waals surface area (Å²) >= 11 is 1.59. The number of thiophene rings is 1. The first kappa shape index (κ1) is 15.1. The zero-order valence-electron chi connectivity index (χ0n) is 12.5. The van der Waals surface area contributed by atoms with Gasteiger partial charge < -0.3 is 5.32 Å². The summed E-state index contributed by atoms with van der Waals surface area (Å²) in [5.41, 5.74) is 2.42. The molecule has 0 fully saturated rings. The maximum atomic E-state index is 12.4. The zero-order chi connectivity index (χ0) is 15.9. The van der Waals surface area contributed by atoms with Crippen LogP contribution in [0.3, 0.4) is 0 Å². The smallest absolute Gasteiger partial charge is 0.252 e. The van der Waals surface area contributed by atoms with Gasteiger partial charge in [-0.15, -0.1) is 11.3 Å². The van der Waals surface area contributed by atoms with Gasteiger partial charge in [0, 0.05) is 12.1 Å². The molecule has 1 N–H and O–H groups in total. The first-order valence-corrected chi connectivity index (χ1v) is 8.17. The van der Waals surface area contributed by atoms with E-state index in [1.165, 1.54) is 0 Å². The highest BCUT2D eigenvalue weighted by Crippen LogP contribution is 2.10. The van der Waals surface area contributed by atoms with Crippen molar-refractivity contribution < 1.29 is 4.79 Å². The van der Waals surface area contributed by atoms with Crippen molar-refractivity contribution in [1.29, 1.82) is 0 Å². The Kier molecular flexibility index (Phi) is 4.88. The lowest BCUT2D eigenvalue weighted by Gasteiger charge is -2.07. The topological polar surface area (TPSA) is 29.1 Å². The first-order chi connectivity index (χ1) is 11.3. The monoisotopic (exact) mass is 317 g/mol. The van der Waals surface area contributed by atoms with Crippen molar-refractivity contribution in [3.63, 3.8) is 0 Å². The molecule has 0 bridgehead atoms. The molecule has 23 heavy (non-hydrogen) atoms. The molecular weight excluding hydrogens is 302 g/mol. The quantitative estimate of drug-likeness (QED) is 0.725. The molecule has 2 aromatic carbocycles. The molecular formula is C20H15NOS. The Labute approximate surface area is 139 Å². The second-order valence-corrected chi connectivity index (χ2v) is 5.89. The first-order valence-electron chi connectivity index (χ1n) is 7.29. The minimum Gasteiger partial charge on any atom is -0.348 e. The van der Waals surface area contributed by atoms with Crippen LogP contribution in [0.15, 0.2) is 72.1 Å². The van der Waals surface area contributed by atoms with E-state index in [1.807, 2.05) is 66.0 Å². The highest BCUT2D eigenvalue weighted by Gasteiger charge is 2.09. The van der Waals surface area contributed by atoms with Crippen molar-refractivity contribution in [2.45, 2.75) is 6.54 Å². The second kappa shape index (κ2) is 7.44. The molecule has 3 aromatic rings. The van der Waals surface area contributed by atoms with Crippen LogP contribution >= 0.6 is 11.3 Å². The van der Waals surface area contributed by atoms with Gasteiger partial charge in [-0.25, -0.2) is 0 Å². The van der Waals surface area contributed by atoms with E-state index in [1.54, 1.807) is 17.4 Å². The molecule has 3 rings (SSSR count). The third-order valence-corrected chi connectivity index (χ3v) is 4.09. The summed E-state index contributed by atoms with van der Waals surface area (Å²) in [7, 11) is 0. The Morgan fingerprint density at radius 1 is 0.913 bits per heavy atom. The van der Waals surface area contributed by atoms with Gasteiger partial charge in [-0.2, -0.15) is 0 Å². The highest BCUT2D eigenvalue weighted by molar-refractivity contribution is 7.10. The molecule has 3 heteroatoms. The van der Waals surface area contributed by atoms with E-state index in [-0.39, 0.29) is 5.91 Å². The van der Waals surface area contributed by atoms with Gasteiger partial charge in [-0.3, -0.25) is 4.79 Å². The van der Waals surface area contributed by atoms with Gasteiger partial charge in [-0.05, 0) is 29.1 Å². The molecule has 0 aliphatic carbocycles. The van der Waals surface area contributed by atoms with E-state index >= 15 is 0 Å². The highest BCUT2D eigenvalue weighted by atomic mass is 32.1. The number of amides is 1. The van der Waals surface area contributed by atoms with Gasteiger partial charge >= 0.3 is 0 Å². The van der Waals surface area contributed by atoms with E-state index in [0.717, 1.165) is 16.0 Å². The minimum atomic E-state index is -0.107. The summed E-state index contributed by atoms with van der Waals surface area (Å²) in [6.07, 6.45) is 0. The zero-order valence-corrected chi connectivity index (χ0v) is 13.3. The van der Waals surface area contributed by atoms with Crippen LogP contribution in [-0.4, -0.2) is 5.91 Å². The van der Waals surface area contributed by atoms with Gasteiger partial charge in [0.1, 0.15) is 0 Å². The van der Waals surface area contributed by atoms with E-state index in [4.69, 9.17) is 0 Å². The number of hydrogen-bond donors (Lipinski definition) is 1. The molecule has 0 aliphatic heterocycles. The van der Waals surface area contributed by atoms with Crippen LogP contribution in [0, 0.1) is 11.8 Å². The Morgan fingerprint density at radius 3 is 2.48 bits per heavy atom. The largest absolute Gasteiger partial charge is 0.348 e. The summed E-state index contributed by atoms with van der Waals surface area (Å²) in [5.74, 6) is 6.09. The van der Waals surface area contributed by atoms with Crippen molar-refractivity contribution in [2.75, 3.05) is 0 Å². The molecule has 1 heterocycles. The van der Waals surface area contributed by atoms with Crippen molar-refractivity contribution in [3.05, 3.63) is 93.7 Å². The molecule has 112 valence electrons. The van der Waals surface area contributed by atoms with Gasteiger partial charge in [-0.1, -0.05) is 60.4 Å². The number of carbonyl (C=O) groups is 1. The average Bonchev–Trinajstić information content (AvgIpc) is 3.12. The molecule has 0 aliphatic rings. The van der Waals surface area contributed by atoms with Gasteiger partial charge in [0.2, 0.25) is 0 Å². The van der Waals surface area contributed by atoms with Crippen LogP contribution in [-0.2, 0) is 6.54 Å². The normalized spacial score (nSPS) is 9.74. The van der Waals surface area contributed by atoms with Crippen molar-refractivity contribution >= 4 is 17.2 Å². The summed E-state index contributed by atoms with van der Waals surface area (Å²) in [6, 6.07) is 21.2. The standard InChI is InChI=1S/C20H15NOS/c22-20(21-15-16-7-2-1-3-8-16)19-11-5-4-9-17(19)12-13-18-10-6-14-23-18/h1-11,14H,15H2,(H,21,22).